The maximum Gasteiger partial charge on any atom is 0.423 e. The molecule has 0 aliphatic carbocycles. The first kappa shape index (κ1) is 21.2. The minimum Gasteiger partial charge on any atom is -0.481 e. The second kappa shape index (κ2) is 9.61. The molecule has 0 unspecified atom stereocenters. The fourth-order valence-corrected chi connectivity index (χ4v) is 2.47. The third kappa shape index (κ3) is 6.20. The van der Waals surface area contributed by atoms with Gasteiger partial charge in [-0.25, -0.2) is 4.99 Å². The van der Waals surface area contributed by atoms with Crippen LogP contribution in [0.15, 0.2) is 45.8 Å². The maximum absolute atomic E-state index is 13.4. The SMILES string of the molecule is CC/C=C(Cl)/C(=C(\N=C(C)c1cccc(CCC)n1)OC)C(F)(F)F. The first-order valence-electron chi connectivity index (χ1n) is 7.97. The summed E-state index contributed by atoms with van der Waals surface area (Å²) in [6.07, 6.45) is -1.35. The number of aryl methyl sites for hydroxylation is 1. The summed E-state index contributed by atoms with van der Waals surface area (Å²) in [5, 5.41) is -0.434. The van der Waals surface area contributed by atoms with E-state index in [4.69, 9.17) is 16.3 Å². The Bertz CT molecular complexity index is 679. The fraction of sp³-hybridized carbons (Fsp3) is 0.444. The average molecular weight is 375 g/mol. The van der Waals surface area contributed by atoms with E-state index in [1.807, 2.05) is 13.0 Å². The number of ether oxygens (including phenoxy) is 1. The molecule has 0 saturated carbocycles. The maximum atomic E-state index is 13.4. The van der Waals surface area contributed by atoms with E-state index in [0.29, 0.717) is 17.8 Å². The van der Waals surface area contributed by atoms with Gasteiger partial charge in [0.05, 0.1) is 23.5 Å². The third-order valence-electron chi connectivity index (χ3n) is 3.27. The van der Waals surface area contributed by atoms with Gasteiger partial charge in [-0.2, -0.15) is 13.2 Å². The lowest BCUT2D eigenvalue weighted by Gasteiger charge is -2.14. The lowest BCUT2D eigenvalue weighted by Crippen LogP contribution is -2.16. The van der Waals surface area contributed by atoms with Gasteiger partial charge in [0.2, 0.25) is 5.88 Å². The highest BCUT2D eigenvalue weighted by Gasteiger charge is 2.39. The molecule has 0 saturated heterocycles. The third-order valence-corrected chi connectivity index (χ3v) is 3.61. The van der Waals surface area contributed by atoms with Crippen molar-refractivity contribution in [1.82, 2.24) is 4.98 Å². The molecule has 0 aromatic carbocycles. The molecule has 0 bridgehead atoms. The molecule has 1 aromatic rings. The van der Waals surface area contributed by atoms with Gasteiger partial charge in [-0.1, -0.05) is 44.0 Å². The van der Waals surface area contributed by atoms with Crippen molar-refractivity contribution in [2.24, 2.45) is 4.99 Å². The molecule has 7 heteroatoms. The molecule has 0 amide bonds. The minimum atomic E-state index is -4.69. The Labute approximate surface area is 151 Å². The van der Waals surface area contributed by atoms with Crippen molar-refractivity contribution in [3.05, 3.63) is 52.2 Å². The second-order valence-electron chi connectivity index (χ2n) is 5.30. The number of methoxy groups -OCH3 is 1. The van der Waals surface area contributed by atoms with Crippen LogP contribution in [0, 0.1) is 0 Å². The van der Waals surface area contributed by atoms with Crippen LogP contribution in [-0.2, 0) is 11.2 Å². The van der Waals surface area contributed by atoms with E-state index in [1.165, 1.54) is 6.08 Å². The quantitative estimate of drug-likeness (QED) is 0.343. The largest absolute Gasteiger partial charge is 0.481 e. The van der Waals surface area contributed by atoms with E-state index in [0.717, 1.165) is 25.6 Å². The van der Waals surface area contributed by atoms with Crippen LogP contribution in [0.3, 0.4) is 0 Å². The van der Waals surface area contributed by atoms with Crippen molar-refractivity contribution in [3.63, 3.8) is 0 Å². The van der Waals surface area contributed by atoms with Crippen molar-refractivity contribution in [2.75, 3.05) is 7.11 Å². The zero-order valence-electron chi connectivity index (χ0n) is 14.7. The van der Waals surface area contributed by atoms with Gasteiger partial charge in [0.1, 0.15) is 5.57 Å². The molecule has 0 spiro atoms. The van der Waals surface area contributed by atoms with Gasteiger partial charge in [-0.15, -0.1) is 0 Å². The van der Waals surface area contributed by atoms with Gasteiger partial charge in [0.25, 0.3) is 0 Å². The van der Waals surface area contributed by atoms with Crippen LogP contribution in [0.1, 0.15) is 45.0 Å². The minimum absolute atomic E-state index is 0.317. The van der Waals surface area contributed by atoms with Crippen molar-refractivity contribution in [2.45, 2.75) is 46.2 Å². The zero-order chi connectivity index (χ0) is 19.0. The summed E-state index contributed by atoms with van der Waals surface area (Å²) in [6, 6.07) is 5.37. The van der Waals surface area contributed by atoms with E-state index >= 15 is 0 Å². The van der Waals surface area contributed by atoms with E-state index in [2.05, 4.69) is 9.98 Å². The predicted molar refractivity (Wildman–Crippen MR) is 94.8 cm³/mol. The number of hydrogen-bond acceptors (Lipinski definition) is 3. The molecule has 0 radical (unpaired) electrons. The Morgan fingerprint density at radius 2 is 2.00 bits per heavy atom. The summed E-state index contributed by atoms with van der Waals surface area (Å²) < 4.78 is 45.1. The summed E-state index contributed by atoms with van der Waals surface area (Å²) in [5.41, 5.74) is 0.579. The van der Waals surface area contributed by atoms with Crippen LogP contribution < -0.4 is 0 Å². The van der Waals surface area contributed by atoms with Gasteiger partial charge >= 0.3 is 6.18 Å². The Kier molecular flexibility index (Phi) is 8.16. The monoisotopic (exact) mass is 374 g/mol. The number of aromatic nitrogens is 1. The molecule has 0 aliphatic rings. The van der Waals surface area contributed by atoms with Crippen LogP contribution in [-0.4, -0.2) is 24.0 Å². The van der Waals surface area contributed by atoms with Crippen molar-refractivity contribution < 1.29 is 17.9 Å². The summed E-state index contributed by atoms with van der Waals surface area (Å²) in [4.78, 5) is 8.42. The molecule has 1 aromatic heterocycles. The highest BCUT2D eigenvalue weighted by Crippen LogP contribution is 2.36. The van der Waals surface area contributed by atoms with Gasteiger partial charge in [0, 0.05) is 5.69 Å². The summed E-state index contributed by atoms with van der Waals surface area (Å²) in [6.45, 7) is 5.31. The number of hydrogen-bond donors (Lipinski definition) is 0. The normalized spacial score (nSPS) is 14.4. The zero-order valence-corrected chi connectivity index (χ0v) is 15.5. The van der Waals surface area contributed by atoms with Crippen molar-refractivity contribution >= 4 is 17.3 Å². The van der Waals surface area contributed by atoms with Crippen molar-refractivity contribution in [1.29, 1.82) is 0 Å². The van der Waals surface area contributed by atoms with Crippen LogP contribution in [0.2, 0.25) is 0 Å². The number of rotatable bonds is 7. The Morgan fingerprint density at radius 3 is 2.52 bits per heavy atom. The van der Waals surface area contributed by atoms with Crippen LogP contribution in [0.4, 0.5) is 13.2 Å². The van der Waals surface area contributed by atoms with E-state index < -0.39 is 22.7 Å². The number of nitrogens with zero attached hydrogens (tertiary/aromatic N) is 2. The molecule has 0 fully saturated rings. The topological polar surface area (TPSA) is 34.5 Å². The summed E-state index contributed by atoms with van der Waals surface area (Å²) >= 11 is 5.82. The summed E-state index contributed by atoms with van der Waals surface area (Å²) in [7, 11) is 1.13. The molecule has 0 aliphatic heterocycles. The van der Waals surface area contributed by atoms with Crippen LogP contribution in [0.25, 0.3) is 0 Å². The second-order valence-corrected chi connectivity index (χ2v) is 5.71. The molecule has 1 rings (SSSR count). The first-order valence-corrected chi connectivity index (χ1v) is 8.35. The lowest BCUT2D eigenvalue weighted by atomic mass is 10.2. The Hall–Kier alpha value is -1.82. The molecular weight excluding hydrogens is 353 g/mol. The highest BCUT2D eigenvalue weighted by molar-refractivity contribution is 6.32. The van der Waals surface area contributed by atoms with Gasteiger partial charge < -0.3 is 4.74 Å². The Balaban J connectivity index is 3.42. The number of aliphatic imine (C=N–C) groups is 1. The fourth-order valence-electron chi connectivity index (χ4n) is 2.13. The Morgan fingerprint density at radius 1 is 1.32 bits per heavy atom. The molecule has 1 heterocycles. The van der Waals surface area contributed by atoms with E-state index in [9.17, 15) is 13.2 Å². The lowest BCUT2D eigenvalue weighted by molar-refractivity contribution is -0.0918. The standard InChI is InChI=1S/C18H22ClF3N2O/c1-5-8-13-10-7-11-15(24-13)12(3)23-17(25-4)16(18(20,21)22)14(19)9-6-2/h7,9-11H,5-6,8H2,1-4H3/b14-9-,17-16-,23-12?. The molecular formula is C18H22ClF3N2O. The first-order chi connectivity index (χ1) is 11.7. The van der Waals surface area contributed by atoms with Gasteiger partial charge in [-0.05, 0) is 31.9 Å². The molecule has 0 N–H and O–H groups in total. The van der Waals surface area contributed by atoms with Gasteiger partial charge in [0.15, 0.2) is 0 Å². The molecule has 3 nitrogen and oxygen atoms in total. The predicted octanol–water partition coefficient (Wildman–Crippen LogP) is 5.80. The van der Waals surface area contributed by atoms with E-state index in [-0.39, 0.29) is 0 Å². The summed E-state index contributed by atoms with van der Waals surface area (Å²) in [5.74, 6) is -0.581. The highest BCUT2D eigenvalue weighted by atomic mass is 35.5. The smallest absolute Gasteiger partial charge is 0.423 e. The van der Waals surface area contributed by atoms with Crippen LogP contribution in [0.5, 0.6) is 0 Å². The number of pyridine rings is 1. The molecule has 25 heavy (non-hydrogen) atoms. The molecule has 0 atom stereocenters. The number of allylic oxidation sites excluding steroid dienone is 3. The number of halogens is 4. The molecule has 138 valence electrons. The van der Waals surface area contributed by atoms with E-state index in [1.54, 1.807) is 26.0 Å². The van der Waals surface area contributed by atoms with Gasteiger partial charge in [-0.3, -0.25) is 4.98 Å². The van der Waals surface area contributed by atoms with Crippen LogP contribution >= 0.6 is 11.6 Å². The van der Waals surface area contributed by atoms with Crippen molar-refractivity contribution in [3.8, 4) is 0 Å². The number of alkyl halides is 3. The average Bonchev–Trinajstić information content (AvgIpc) is 2.53.